The highest BCUT2D eigenvalue weighted by Crippen LogP contribution is 2.47. The highest BCUT2D eigenvalue weighted by atomic mass is 16.5. The van der Waals surface area contributed by atoms with Gasteiger partial charge in [0.15, 0.2) is 0 Å². The van der Waals surface area contributed by atoms with Crippen LogP contribution in [0.1, 0.15) is 124 Å². The Bertz CT molecular complexity index is 426. The van der Waals surface area contributed by atoms with E-state index in [1.54, 1.807) is 0 Å². The van der Waals surface area contributed by atoms with E-state index in [0.29, 0.717) is 34.5 Å². The van der Waals surface area contributed by atoms with Crippen LogP contribution in [-0.4, -0.2) is 12.2 Å². The van der Waals surface area contributed by atoms with Gasteiger partial charge >= 0.3 is 0 Å². The summed E-state index contributed by atoms with van der Waals surface area (Å²) in [5.41, 5.74) is 0.854. The molecule has 0 fully saturated rings. The Morgan fingerprint density at radius 1 is 0.483 bits per heavy atom. The first-order valence-electron chi connectivity index (χ1n) is 12.3. The summed E-state index contributed by atoms with van der Waals surface area (Å²) in [6, 6.07) is 0. The second-order valence-electron chi connectivity index (χ2n) is 14.6. The fraction of sp³-hybridized carbons (Fsp3) is 1.00. The van der Waals surface area contributed by atoms with Crippen LogP contribution in [-0.2, 0) is 4.74 Å². The number of rotatable bonds is 10. The van der Waals surface area contributed by atoms with Crippen LogP contribution in [0.25, 0.3) is 0 Å². The lowest BCUT2D eigenvalue weighted by atomic mass is 9.66. The molecule has 0 radical (unpaired) electrons. The lowest BCUT2D eigenvalue weighted by molar-refractivity contribution is -0.175. The standard InChI is InChI=1S/C28H58O/c1-19(2)21(5)23(27(13,14)17-25(7,8)9)29-24(22(6)20(3)4)28(15,16)18-26(10,11)12/h19-24H,17-18H2,1-16H3. The SMILES string of the molecule is CC(C)C(C)C(OC(C(C)C(C)C)C(C)(C)CC(C)(C)C)C(C)(C)CC(C)(C)C. The summed E-state index contributed by atoms with van der Waals surface area (Å²) in [5, 5.41) is 0. The van der Waals surface area contributed by atoms with Gasteiger partial charge in [-0.3, -0.25) is 0 Å². The zero-order chi connectivity index (χ0) is 23.6. The lowest BCUT2D eigenvalue weighted by Crippen LogP contribution is -2.50. The molecule has 0 N–H and O–H groups in total. The van der Waals surface area contributed by atoms with E-state index in [2.05, 4.69) is 111 Å². The van der Waals surface area contributed by atoms with Gasteiger partial charge in [-0.2, -0.15) is 0 Å². The molecule has 0 heterocycles. The van der Waals surface area contributed by atoms with Gasteiger partial charge in [-0.1, -0.05) is 111 Å². The molecule has 0 aliphatic rings. The summed E-state index contributed by atoms with van der Waals surface area (Å²) < 4.78 is 7.32. The van der Waals surface area contributed by atoms with Crippen molar-refractivity contribution in [1.82, 2.24) is 0 Å². The van der Waals surface area contributed by atoms with E-state index in [-0.39, 0.29) is 23.0 Å². The topological polar surface area (TPSA) is 9.23 Å². The van der Waals surface area contributed by atoms with Crippen LogP contribution in [0, 0.1) is 45.3 Å². The molecule has 0 saturated carbocycles. The van der Waals surface area contributed by atoms with Crippen molar-refractivity contribution in [3.05, 3.63) is 0 Å². The van der Waals surface area contributed by atoms with Crippen molar-refractivity contribution in [1.29, 1.82) is 0 Å². The summed E-state index contributed by atoms with van der Waals surface area (Å²) in [6.45, 7) is 38.2. The van der Waals surface area contributed by atoms with E-state index in [4.69, 9.17) is 4.74 Å². The predicted octanol–water partition coefficient (Wildman–Crippen LogP) is 9.25. The van der Waals surface area contributed by atoms with Gasteiger partial charge in [-0.25, -0.2) is 0 Å². The Kier molecular flexibility index (Phi) is 10.0. The average molecular weight is 411 g/mol. The maximum atomic E-state index is 7.32. The van der Waals surface area contributed by atoms with Gasteiger partial charge in [-0.05, 0) is 58.2 Å². The van der Waals surface area contributed by atoms with Crippen LogP contribution in [0.2, 0.25) is 0 Å². The molecule has 1 nitrogen and oxygen atoms in total. The van der Waals surface area contributed by atoms with E-state index in [1.165, 1.54) is 12.8 Å². The van der Waals surface area contributed by atoms with E-state index in [9.17, 15) is 0 Å². The molecule has 1 heteroatoms. The Labute approximate surface area is 186 Å². The molecule has 0 aromatic rings. The normalized spacial score (nSPS) is 18.8. The molecule has 0 amide bonds. The molecule has 0 aromatic heterocycles. The third kappa shape index (κ3) is 9.75. The molecular weight excluding hydrogens is 352 g/mol. The van der Waals surface area contributed by atoms with Crippen molar-refractivity contribution in [3.8, 4) is 0 Å². The quantitative estimate of drug-likeness (QED) is 0.348. The molecular formula is C28H58O. The average Bonchev–Trinajstić information content (AvgIpc) is 2.40. The minimum absolute atomic E-state index is 0.134. The molecule has 0 aliphatic carbocycles. The van der Waals surface area contributed by atoms with Gasteiger partial charge in [-0.15, -0.1) is 0 Å². The zero-order valence-electron chi connectivity index (χ0n) is 23.3. The molecule has 0 saturated heterocycles. The first kappa shape index (κ1) is 29.0. The number of ether oxygens (including phenoxy) is 1. The van der Waals surface area contributed by atoms with Crippen molar-refractivity contribution < 1.29 is 4.74 Å². The molecule has 0 aliphatic heterocycles. The Hall–Kier alpha value is -0.0400. The third-order valence-corrected chi connectivity index (χ3v) is 6.86. The van der Waals surface area contributed by atoms with Crippen LogP contribution < -0.4 is 0 Å². The molecule has 0 spiro atoms. The Balaban J connectivity index is 6.18. The van der Waals surface area contributed by atoms with Crippen LogP contribution in [0.15, 0.2) is 0 Å². The highest BCUT2D eigenvalue weighted by Gasteiger charge is 2.45. The summed E-state index contributed by atoms with van der Waals surface area (Å²) in [6.07, 6.45) is 2.85. The molecule has 4 unspecified atom stereocenters. The highest BCUT2D eigenvalue weighted by molar-refractivity contribution is 4.93. The minimum atomic E-state index is 0.134. The van der Waals surface area contributed by atoms with Gasteiger partial charge in [0.05, 0.1) is 12.2 Å². The van der Waals surface area contributed by atoms with E-state index in [1.807, 2.05) is 0 Å². The zero-order valence-corrected chi connectivity index (χ0v) is 23.3. The summed E-state index contributed by atoms with van der Waals surface area (Å²) in [5.74, 6) is 2.28. The number of hydrogen-bond acceptors (Lipinski definition) is 1. The van der Waals surface area contributed by atoms with Gasteiger partial charge < -0.3 is 4.74 Å². The smallest absolute Gasteiger partial charge is 0.0658 e. The Morgan fingerprint density at radius 3 is 0.897 bits per heavy atom. The predicted molar refractivity (Wildman–Crippen MR) is 132 cm³/mol. The van der Waals surface area contributed by atoms with E-state index in [0.717, 1.165) is 0 Å². The Morgan fingerprint density at radius 2 is 0.724 bits per heavy atom. The molecule has 4 atom stereocenters. The first-order valence-corrected chi connectivity index (χ1v) is 12.3. The summed E-state index contributed by atoms with van der Waals surface area (Å²) in [4.78, 5) is 0. The fourth-order valence-electron chi connectivity index (χ4n) is 5.83. The van der Waals surface area contributed by atoms with Gasteiger partial charge in [0.2, 0.25) is 0 Å². The van der Waals surface area contributed by atoms with Crippen molar-refractivity contribution in [2.45, 2.75) is 136 Å². The van der Waals surface area contributed by atoms with Gasteiger partial charge in [0.25, 0.3) is 0 Å². The molecule has 29 heavy (non-hydrogen) atoms. The molecule has 176 valence electrons. The van der Waals surface area contributed by atoms with Crippen LogP contribution in [0.5, 0.6) is 0 Å². The third-order valence-electron chi connectivity index (χ3n) is 6.86. The van der Waals surface area contributed by atoms with Crippen LogP contribution in [0.4, 0.5) is 0 Å². The van der Waals surface area contributed by atoms with Crippen molar-refractivity contribution >= 4 is 0 Å². The summed E-state index contributed by atoms with van der Waals surface area (Å²) >= 11 is 0. The molecule has 0 bridgehead atoms. The van der Waals surface area contributed by atoms with Gasteiger partial charge in [0.1, 0.15) is 0 Å². The molecule has 0 rings (SSSR count). The lowest BCUT2D eigenvalue weighted by Gasteiger charge is -2.50. The second kappa shape index (κ2) is 10.1. The maximum Gasteiger partial charge on any atom is 0.0658 e. The monoisotopic (exact) mass is 410 g/mol. The summed E-state index contributed by atoms with van der Waals surface area (Å²) in [7, 11) is 0. The van der Waals surface area contributed by atoms with Gasteiger partial charge in [0, 0.05) is 0 Å². The van der Waals surface area contributed by atoms with E-state index < -0.39 is 0 Å². The van der Waals surface area contributed by atoms with Crippen molar-refractivity contribution in [2.24, 2.45) is 45.3 Å². The minimum Gasteiger partial charge on any atom is -0.373 e. The first-order chi connectivity index (χ1) is 12.6. The van der Waals surface area contributed by atoms with Crippen molar-refractivity contribution in [2.75, 3.05) is 0 Å². The fourth-order valence-corrected chi connectivity index (χ4v) is 5.83. The largest absolute Gasteiger partial charge is 0.373 e. The number of hydrogen-bond donors (Lipinski definition) is 0. The molecule has 0 aromatic carbocycles. The van der Waals surface area contributed by atoms with E-state index >= 15 is 0 Å². The van der Waals surface area contributed by atoms with Crippen LogP contribution >= 0.6 is 0 Å². The second-order valence-corrected chi connectivity index (χ2v) is 14.6. The van der Waals surface area contributed by atoms with Crippen molar-refractivity contribution in [3.63, 3.8) is 0 Å². The maximum absolute atomic E-state index is 7.32. The van der Waals surface area contributed by atoms with Crippen LogP contribution in [0.3, 0.4) is 0 Å².